The summed E-state index contributed by atoms with van der Waals surface area (Å²) in [5.41, 5.74) is 4.93. The number of para-hydroxylation sites is 3. The van der Waals surface area contributed by atoms with Crippen molar-refractivity contribution in [2.24, 2.45) is 5.92 Å². The molecule has 2 amide bonds. The van der Waals surface area contributed by atoms with Crippen LogP contribution < -0.4 is 35.9 Å². The molecule has 2 fully saturated rings. The average Bonchev–Trinajstić information content (AvgIpc) is 3.47. The zero-order valence-electron chi connectivity index (χ0n) is 19.4. The number of ether oxygens (including phenoxy) is 2. The van der Waals surface area contributed by atoms with Crippen LogP contribution in [-0.2, 0) is 9.59 Å². The van der Waals surface area contributed by atoms with Gasteiger partial charge in [0, 0.05) is 12.6 Å². The van der Waals surface area contributed by atoms with Crippen molar-refractivity contribution >= 4 is 23.3 Å². The Hall–Kier alpha value is -4.09. The number of aryl methyl sites for hydroxylation is 1. The highest BCUT2D eigenvalue weighted by molar-refractivity contribution is 5.91. The Morgan fingerprint density at radius 2 is 1.89 bits per heavy atom. The fourth-order valence-electron chi connectivity index (χ4n) is 4.30. The van der Waals surface area contributed by atoms with Crippen molar-refractivity contribution in [3.63, 3.8) is 0 Å². The summed E-state index contributed by atoms with van der Waals surface area (Å²) in [6.07, 6.45) is -0.952. The molecule has 2 aliphatic heterocycles. The molecule has 3 atom stereocenters. The van der Waals surface area contributed by atoms with Gasteiger partial charge in [-0.2, -0.15) is 5.10 Å². The highest BCUT2D eigenvalue weighted by Gasteiger charge is 2.45. The predicted molar refractivity (Wildman–Crippen MR) is 129 cm³/mol. The number of nitrogens with zero attached hydrogens (tertiary/aromatic N) is 3. The Kier molecular flexibility index (Phi) is 6.25. The SMILES string of the molecule is COc1ccccc1OCC(=O)Nc1cc(C)nn1C1NC(=O)C2CNN(c3ccccc3)C2N1. The standard InChI is InChI=1S/C24H27N7O4/c1-15-12-20(26-21(32)14-35-19-11-7-6-10-18(19)34-2)31(29-15)24-27-22-17(23(33)28-24)13-25-30(22)16-8-4-3-5-9-16/h3-12,17,22,24-25,27H,13-14H2,1-2H3,(H,26,32)(H,28,33). The first-order valence-electron chi connectivity index (χ1n) is 11.3. The van der Waals surface area contributed by atoms with Gasteiger partial charge in [-0.25, -0.2) is 10.1 Å². The van der Waals surface area contributed by atoms with Gasteiger partial charge < -0.3 is 20.1 Å². The van der Waals surface area contributed by atoms with E-state index in [0.29, 0.717) is 29.6 Å². The van der Waals surface area contributed by atoms with Gasteiger partial charge in [0.05, 0.1) is 24.4 Å². The molecule has 11 nitrogen and oxygen atoms in total. The highest BCUT2D eigenvalue weighted by atomic mass is 16.5. The minimum atomic E-state index is -0.658. The fourth-order valence-corrected chi connectivity index (χ4v) is 4.30. The van der Waals surface area contributed by atoms with Crippen molar-refractivity contribution in [3.05, 3.63) is 66.4 Å². The van der Waals surface area contributed by atoms with E-state index >= 15 is 0 Å². The number of rotatable bonds is 7. The van der Waals surface area contributed by atoms with Gasteiger partial charge in [-0.15, -0.1) is 0 Å². The molecule has 11 heteroatoms. The maximum absolute atomic E-state index is 12.9. The second-order valence-corrected chi connectivity index (χ2v) is 8.30. The summed E-state index contributed by atoms with van der Waals surface area (Å²) < 4.78 is 12.4. The number of aromatic nitrogens is 2. The number of fused-ring (bicyclic) bond motifs is 1. The number of amides is 2. The lowest BCUT2D eigenvalue weighted by Gasteiger charge is -2.37. The number of carbonyl (C=O) groups is 2. The van der Waals surface area contributed by atoms with Gasteiger partial charge in [0.1, 0.15) is 12.0 Å². The lowest BCUT2D eigenvalue weighted by molar-refractivity contribution is -0.129. The van der Waals surface area contributed by atoms with Crippen molar-refractivity contribution in [3.8, 4) is 11.5 Å². The lowest BCUT2D eigenvalue weighted by atomic mass is 10.0. The van der Waals surface area contributed by atoms with Crippen molar-refractivity contribution in [2.75, 3.05) is 30.6 Å². The molecule has 2 saturated heterocycles. The number of hydrazine groups is 1. The van der Waals surface area contributed by atoms with Crippen LogP contribution in [-0.4, -0.2) is 48.0 Å². The number of hydrogen-bond donors (Lipinski definition) is 4. The number of methoxy groups -OCH3 is 1. The molecule has 0 radical (unpaired) electrons. The Morgan fingerprint density at radius 1 is 1.14 bits per heavy atom. The zero-order chi connectivity index (χ0) is 24.4. The average molecular weight is 478 g/mol. The summed E-state index contributed by atoms with van der Waals surface area (Å²) in [7, 11) is 1.54. The first-order chi connectivity index (χ1) is 17.0. The van der Waals surface area contributed by atoms with Crippen LogP contribution in [0.4, 0.5) is 11.5 Å². The highest BCUT2D eigenvalue weighted by Crippen LogP contribution is 2.28. The maximum atomic E-state index is 12.9. The molecular formula is C24H27N7O4. The first-order valence-corrected chi connectivity index (χ1v) is 11.3. The number of anilines is 2. The molecule has 0 saturated carbocycles. The van der Waals surface area contributed by atoms with Gasteiger partial charge in [-0.1, -0.05) is 30.3 Å². The molecule has 3 heterocycles. The van der Waals surface area contributed by atoms with E-state index < -0.39 is 6.29 Å². The molecule has 0 aliphatic carbocycles. The van der Waals surface area contributed by atoms with E-state index in [-0.39, 0.29) is 30.5 Å². The summed E-state index contributed by atoms with van der Waals surface area (Å²) in [5, 5.41) is 15.7. The lowest BCUT2D eigenvalue weighted by Crippen LogP contribution is -2.61. The van der Waals surface area contributed by atoms with E-state index in [0.717, 1.165) is 5.69 Å². The molecule has 1 aromatic heterocycles. The molecule has 3 aromatic rings. The quantitative estimate of drug-likeness (QED) is 0.403. The van der Waals surface area contributed by atoms with Crippen molar-refractivity contribution < 1.29 is 19.1 Å². The van der Waals surface area contributed by atoms with Crippen LogP contribution >= 0.6 is 0 Å². The molecule has 3 unspecified atom stereocenters. The Labute approximate surface area is 202 Å². The second kappa shape index (κ2) is 9.65. The molecule has 2 aliphatic rings. The number of benzene rings is 2. The van der Waals surface area contributed by atoms with Crippen molar-refractivity contribution in [2.45, 2.75) is 19.4 Å². The van der Waals surface area contributed by atoms with Gasteiger partial charge in [-0.3, -0.25) is 19.9 Å². The van der Waals surface area contributed by atoms with Crippen LogP contribution in [0.25, 0.3) is 0 Å². The Bertz CT molecular complexity index is 1220. The molecular weight excluding hydrogens is 450 g/mol. The van der Waals surface area contributed by atoms with Gasteiger partial charge in [0.25, 0.3) is 5.91 Å². The van der Waals surface area contributed by atoms with E-state index in [9.17, 15) is 9.59 Å². The first kappa shape index (κ1) is 22.7. The van der Waals surface area contributed by atoms with Gasteiger partial charge in [0.15, 0.2) is 24.4 Å². The maximum Gasteiger partial charge on any atom is 0.263 e. The second-order valence-electron chi connectivity index (χ2n) is 8.30. The third-order valence-electron chi connectivity index (χ3n) is 5.92. The van der Waals surface area contributed by atoms with Gasteiger partial charge in [0.2, 0.25) is 5.91 Å². The number of hydrogen-bond acceptors (Lipinski definition) is 8. The Balaban J connectivity index is 1.30. The molecule has 0 spiro atoms. The molecule has 4 N–H and O–H groups in total. The number of nitrogens with one attached hydrogen (secondary N) is 4. The van der Waals surface area contributed by atoms with Crippen molar-refractivity contribution in [1.29, 1.82) is 0 Å². The summed E-state index contributed by atoms with van der Waals surface area (Å²) in [5.74, 6) is 0.690. The minimum absolute atomic E-state index is 0.102. The number of carbonyl (C=O) groups excluding carboxylic acids is 2. The summed E-state index contributed by atoms with van der Waals surface area (Å²) >= 11 is 0. The third kappa shape index (κ3) is 4.63. The van der Waals surface area contributed by atoms with Gasteiger partial charge >= 0.3 is 0 Å². The predicted octanol–water partition coefficient (Wildman–Crippen LogP) is 1.36. The largest absolute Gasteiger partial charge is 0.493 e. The molecule has 182 valence electrons. The Morgan fingerprint density at radius 3 is 2.66 bits per heavy atom. The van der Waals surface area contributed by atoms with Crippen LogP contribution in [0.3, 0.4) is 0 Å². The summed E-state index contributed by atoms with van der Waals surface area (Å²) in [6, 6.07) is 18.6. The van der Waals surface area contributed by atoms with Crippen LogP contribution in [0.5, 0.6) is 11.5 Å². The topological polar surface area (TPSA) is 122 Å². The summed E-state index contributed by atoms with van der Waals surface area (Å²) in [6.45, 7) is 2.11. The van der Waals surface area contributed by atoms with Crippen LogP contribution in [0.2, 0.25) is 0 Å². The van der Waals surface area contributed by atoms with E-state index in [1.54, 1.807) is 36.1 Å². The molecule has 2 aromatic carbocycles. The van der Waals surface area contributed by atoms with Crippen molar-refractivity contribution in [1.82, 2.24) is 25.8 Å². The minimum Gasteiger partial charge on any atom is -0.493 e. The molecule has 0 bridgehead atoms. The van der Waals surface area contributed by atoms with E-state index in [1.165, 1.54) is 0 Å². The third-order valence-corrected chi connectivity index (χ3v) is 5.92. The van der Waals surface area contributed by atoms with E-state index in [1.807, 2.05) is 48.3 Å². The van der Waals surface area contributed by atoms with Crippen LogP contribution in [0, 0.1) is 12.8 Å². The zero-order valence-corrected chi connectivity index (χ0v) is 19.4. The normalized spacial score (nSPS) is 21.3. The molecule has 35 heavy (non-hydrogen) atoms. The van der Waals surface area contributed by atoms with Crippen LogP contribution in [0.15, 0.2) is 60.7 Å². The van der Waals surface area contributed by atoms with E-state index in [4.69, 9.17) is 9.47 Å². The van der Waals surface area contributed by atoms with E-state index in [2.05, 4.69) is 26.5 Å². The molecule has 5 rings (SSSR count). The summed E-state index contributed by atoms with van der Waals surface area (Å²) in [4.78, 5) is 25.6. The smallest absolute Gasteiger partial charge is 0.263 e. The van der Waals surface area contributed by atoms with Crippen LogP contribution in [0.1, 0.15) is 12.0 Å². The monoisotopic (exact) mass is 477 g/mol. The van der Waals surface area contributed by atoms with Gasteiger partial charge in [-0.05, 0) is 31.2 Å². The fraction of sp³-hybridized carbons (Fsp3) is 0.292.